The van der Waals surface area contributed by atoms with Crippen LogP contribution < -0.4 is 5.32 Å². The highest BCUT2D eigenvalue weighted by molar-refractivity contribution is 5.75. The summed E-state index contributed by atoms with van der Waals surface area (Å²) >= 11 is 0. The molecule has 0 saturated carbocycles. The summed E-state index contributed by atoms with van der Waals surface area (Å²) < 4.78 is 0. The minimum atomic E-state index is 0.931. The number of hydrogen-bond acceptors (Lipinski definition) is 1. The summed E-state index contributed by atoms with van der Waals surface area (Å²) in [6.45, 7) is 7.77. The number of rotatable bonds is 4. The summed E-state index contributed by atoms with van der Waals surface area (Å²) in [6.07, 6.45) is 4.24. The van der Waals surface area contributed by atoms with Crippen LogP contribution in [0.4, 0.5) is 0 Å². The van der Waals surface area contributed by atoms with Crippen molar-refractivity contribution < 1.29 is 0 Å². The van der Waals surface area contributed by atoms with Crippen LogP contribution in [0.5, 0.6) is 0 Å². The summed E-state index contributed by atoms with van der Waals surface area (Å²) in [7, 11) is 1.88. The molecule has 17 heavy (non-hydrogen) atoms. The Morgan fingerprint density at radius 2 is 1.94 bits per heavy atom. The van der Waals surface area contributed by atoms with Crippen molar-refractivity contribution >= 4 is 5.57 Å². The highest BCUT2D eigenvalue weighted by Gasteiger charge is 2.00. The van der Waals surface area contributed by atoms with E-state index in [0.717, 1.165) is 11.3 Å². The molecule has 88 valence electrons. The van der Waals surface area contributed by atoms with Crippen molar-refractivity contribution in [1.82, 2.24) is 5.32 Å². The van der Waals surface area contributed by atoms with Crippen LogP contribution in [0.25, 0.3) is 5.57 Å². The van der Waals surface area contributed by atoms with Gasteiger partial charge in [-0.2, -0.15) is 0 Å². The number of hydrogen-bond donors (Lipinski definition) is 1. The molecule has 0 atom stereocenters. The number of nitrogens with one attached hydrogen (secondary N) is 1. The molecule has 1 aromatic rings. The first-order valence-corrected chi connectivity index (χ1v) is 5.71. The first kappa shape index (κ1) is 13.1. The molecule has 0 amide bonds. The quantitative estimate of drug-likeness (QED) is 0.605. The van der Waals surface area contributed by atoms with Crippen molar-refractivity contribution in [2.45, 2.75) is 13.8 Å². The van der Waals surface area contributed by atoms with E-state index < -0.39 is 0 Å². The Hall–Kier alpha value is -1.98. The Morgan fingerprint density at radius 3 is 2.41 bits per heavy atom. The van der Waals surface area contributed by atoms with Gasteiger partial charge in [0.25, 0.3) is 0 Å². The zero-order valence-electron chi connectivity index (χ0n) is 10.7. The van der Waals surface area contributed by atoms with Crippen molar-refractivity contribution in [2.75, 3.05) is 7.05 Å². The maximum absolute atomic E-state index is 3.67. The Morgan fingerprint density at radius 1 is 1.29 bits per heavy atom. The first-order chi connectivity index (χ1) is 8.22. The van der Waals surface area contributed by atoms with E-state index in [9.17, 15) is 0 Å². The van der Waals surface area contributed by atoms with Gasteiger partial charge < -0.3 is 5.32 Å². The fourth-order valence-corrected chi connectivity index (χ4v) is 1.69. The van der Waals surface area contributed by atoms with Crippen LogP contribution in [0, 0.1) is 0 Å². The van der Waals surface area contributed by atoms with Crippen molar-refractivity contribution in [3.8, 4) is 0 Å². The molecule has 1 nitrogen and oxygen atoms in total. The maximum Gasteiger partial charge on any atom is 0.0794 e. The minimum Gasteiger partial charge on any atom is -0.382 e. The summed E-state index contributed by atoms with van der Waals surface area (Å²) in [5.74, 6) is 0. The second-order valence-corrected chi connectivity index (χ2v) is 3.74. The SMILES string of the molecule is C=C=C(NC)/C(C)=C/C(=C\C)c1ccccc1. The maximum atomic E-state index is 3.67. The summed E-state index contributed by atoms with van der Waals surface area (Å²) in [4.78, 5) is 0. The highest BCUT2D eigenvalue weighted by atomic mass is 14.8. The second kappa shape index (κ2) is 6.57. The van der Waals surface area contributed by atoms with Crippen molar-refractivity contribution in [3.05, 3.63) is 71.6 Å². The normalized spacial score (nSPS) is 11.9. The van der Waals surface area contributed by atoms with Crippen LogP contribution in [0.15, 0.2) is 66.1 Å². The van der Waals surface area contributed by atoms with Gasteiger partial charge in [0.05, 0.1) is 5.70 Å². The third-order valence-corrected chi connectivity index (χ3v) is 2.61. The zero-order chi connectivity index (χ0) is 12.7. The van der Waals surface area contributed by atoms with Gasteiger partial charge in [-0.15, -0.1) is 5.73 Å². The largest absolute Gasteiger partial charge is 0.382 e. The Kier molecular flexibility index (Phi) is 5.06. The second-order valence-electron chi connectivity index (χ2n) is 3.74. The lowest BCUT2D eigenvalue weighted by Gasteiger charge is -2.07. The fourth-order valence-electron chi connectivity index (χ4n) is 1.69. The Balaban J connectivity index is 3.08. The van der Waals surface area contributed by atoms with E-state index in [-0.39, 0.29) is 0 Å². The third kappa shape index (κ3) is 3.51. The average Bonchev–Trinajstić information content (AvgIpc) is 2.38. The zero-order valence-corrected chi connectivity index (χ0v) is 10.7. The number of benzene rings is 1. The van der Waals surface area contributed by atoms with Crippen LogP contribution in [0.1, 0.15) is 19.4 Å². The molecule has 0 saturated heterocycles. The summed E-state index contributed by atoms with van der Waals surface area (Å²) in [6, 6.07) is 10.3. The molecule has 0 aliphatic carbocycles. The van der Waals surface area contributed by atoms with E-state index in [2.05, 4.69) is 48.8 Å². The fraction of sp³-hybridized carbons (Fsp3) is 0.188. The van der Waals surface area contributed by atoms with Gasteiger partial charge in [0.2, 0.25) is 0 Å². The summed E-state index contributed by atoms with van der Waals surface area (Å²) in [5, 5.41) is 3.08. The lowest BCUT2D eigenvalue weighted by Crippen LogP contribution is -2.05. The molecule has 1 heteroatoms. The monoisotopic (exact) mass is 225 g/mol. The minimum absolute atomic E-state index is 0.931. The molecule has 0 aliphatic heterocycles. The number of allylic oxidation sites excluding steroid dienone is 4. The van der Waals surface area contributed by atoms with Crippen LogP contribution in [0.2, 0.25) is 0 Å². The molecule has 0 unspecified atom stereocenters. The van der Waals surface area contributed by atoms with Crippen LogP contribution in [-0.2, 0) is 0 Å². The van der Waals surface area contributed by atoms with E-state index in [1.54, 1.807) is 0 Å². The molecular weight excluding hydrogens is 206 g/mol. The van der Waals surface area contributed by atoms with Gasteiger partial charge in [-0.1, -0.05) is 43.0 Å². The lowest BCUT2D eigenvalue weighted by molar-refractivity contribution is 1.00. The molecule has 1 aromatic carbocycles. The van der Waals surface area contributed by atoms with E-state index >= 15 is 0 Å². The molecule has 1 rings (SSSR count). The van der Waals surface area contributed by atoms with Gasteiger partial charge in [-0.25, -0.2) is 0 Å². The van der Waals surface area contributed by atoms with Crippen molar-refractivity contribution in [1.29, 1.82) is 0 Å². The predicted octanol–water partition coefficient (Wildman–Crippen LogP) is 3.92. The topological polar surface area (TPSA) is 12.0 Å². The first-order valence-electron chi connectivity index (χ1n) is 5.71. The Bertz CT molecular complexity index is 472. The van der Waals surface area contributed by atoms with Gasteiger partial charge >= 0.3 is 0 Å². The summed E-state index contributed by atoms with van der Waals surface area (Å²) in [5.41, 5.74) is 7.36. The van der Waals surface area contributed by atoms with E-state index in [1.165, 1.54) is 11.1 Å². The standard InChI is InChI=1S/C16H19N/c1-5-14(15-10-8-7-9-11-15)12-13(3)16(6-2)17-4/h5,7-12,17H,2H2,1,3-4H3/b13-12+,14-5+. The smallest absolute Gasteiger partial charge is 0.0794 e. The average molecular weight is 225 g/mol. The van der Waals surface area contributed by atoms with Gasteiger partial charge in [0, 0.05) is 7.05 Å². The third-order valence-electron chi connectivity index (χ3n) is 2.61. The van der Waals surface area contributed by atoms with E-state index in [4.69, 9.17) is 0 Å². The molecule has 0 heterocycles. The lowest BCUT2D eigenvalue weighted by atomic mass is 10.0. The molecule has 0 aromatic heterocycles. The Labute approximate surface area is 104 Å². The molecule has 0 spiro atoms. The molecule has 0 fully saturated rings. The molecule has 0 bridgehead atoms. The van der Waals surface area contributed by atoms with Crippen LogP contribution in [0.3, 0.4) is 0 Å². The predicted molar refractivity (Wildman–Crippen MR) is 75.6 cm³/mol. The van der Waals surface area contributed by atoms with Crippen LogP contribution >= 0.6 is 0 Å². The van der Waals surface area contributed by atoms with Gasteiger partial charge in [0.1, 0.15) is 0 Å². The molecular formula is C16H19N. The van der Waals surface area contributed by atoms with Crippen molar-refractivity contribution in [2.24, 2.45) is 0 Å². The van der Waals surface area contributed by atoms with Gasteiger partial charge in [-0.05, 0) is 36.6 Å². The molecule has 0 radical (unpaired) electrons. The van der Waals surface area contributed by atoms with Crippen LogP contribution in [-0.4, -0.2) is 7.05 Å². The van der Waals surface area contributed by atoms with Gasteiger partial charge in [0.15, 0.2) is 0 Å². The van der Waals surface area contributed by atoms with E-state index in [0.29, 0.717) is 0 Å². The highest BCUT2D eigenvalue weighted by Crippen LogP contribution is 2.18. The van der Waals surface area contributed by atoms with E-state index in [1.807, 2.05) is 32.2 Å². The molecule has 1 N–H and O–H groups in total. The van der Waals surface area contributed by atoms with Crippen molar-refractivity contribution in [3.63, 3.8) is 0 Å². The van der Waals surface area contributed by atoms with Gasteiger partial charge in [-0.3, -0.25) is 0 Å². The number of likely N-dealkylation sites (N-methyl/N-ethyl adjacent to an activating group) is 1. The molecule has 0 aliphatic rings.